The van der Waals surface area contributed by atoms with E-state index < -0.39 is 0 Å². The predicted molar refractivity (Wildman–Crippen MR) is 79.3 cm³/mol. The first-order valence-electron chi connectivity index (χ1n) is 8.67. The molecule has 2 saturated carbocycles. The van der Waals surface area contributed by atoms with E-state index in [-0.39, 0.29) is 5.60 Å². The van der Waals surface area contributed by atoms with Gasteiger partial charge in [0.1, 0.15) is 0 Å². The molecule has 110 valence electrons. The van der Waals surface area contributed by atoms with Crippen molar-refractivity contribution in [2.45, 2.75) is 95.2 Å². The van der Waals surface area contributed by atoms with Gasteiger partial charge in [0.15, 0.2) is 0 Å². The van der Waals surface area contributed by atoms with Gasteiger partial charge in [-0.2, -0.15) is 0 Å². The summed E-state index contributed by atoms with van der Waals surface area (Å²) in [6, 6.07) is 1.49. The minimum absolute atomic E-state index is 0.268. The summed E-state index contributed by atoms with van der Waals surface area (Å²) in [4.78, 5) is 0. The lowest BCUT2D eigenvalue weighted by atomic mass is 9.87. The lowest BCUT2D eigenvalue weighted by Gasteiger charge is -2.40. The van der Waals surface area contributed by atoms with E-state index in [0.29, 0.717) is 0 Å². The van der Waals surface area contributed by atoms with Crippen LogP contribution in [0.4, 0.5) is 0 Å². The molecule has 0 bridgehead atoms. The third-order valence-electron chi connectivity index (χ3n) is 5.82. The van der Waals surface area contributed by atoms with Crippen LogP contribution in [-0.4, -0.2) is 24.3 Å². The number of rotatable bonds is 2. The van der Waals surface area contributed by atoms with E-state index in [2.05, 4.69) is 12.2 Å². The molecule has 0 aromatic heterocycles. The third kappa shape index (κ3) is 3.33. The van der Waals surface area contributed by atoms with E-state index in [9.17, 15) is 0 Å². The molecule has 0 amide bonds. The lowest BCUT2D eigenvalue weighted by molar-refractivity contribution is -0.0854. The fraction of sp³-hybridized carbons (Fsp3) is 1.00. The zero-order chi connectivity index (χ0) is 13.1. The molecule has 2 nitrogen and oxygen atoms in total. The van der Waals surface area contributed by atoms with Gasteiger partial charge < -0.3 is 10.1 Å². The number of ether oxygens (including phenoxy) is 1. The highest BCUT2D eigenvalue weighted by atomic mass is 16.5. The summed E-state index contributed by atoms with van der Waals surface area (Å²) in [5, 5.41) is 4.02. The Bertz CT molecular complexity index is 285. The third-order valence-corrected chi connectivity index (χ3v) is 5.82. The Kier molecular flexibility index (Phi) is 4.48. The fourth-order valence-corrected chi connectivity index (χ4v) is 4.58. The minimum Gasteiger partial charge on any atom is -0.375 e. The van der Waals surface area contributed by atoms with Crippen LogP contribution in [-0.2, 0) is 4.74 Å². The maximum Gasteiger partial charge on any atom is 0.0697 e. The Hall–Kier alpha value is -0.0800. The van der Waals surface area contributed by atoms with Gasteiger partial charge in [-0.1, -0.05) is 39.0 Å². The quantitative estimate of drug-likeness (QED) is 0.761. The first kappa shape index (κ1) is 13.9. The first-order chi connectivity index (χ1) is 9.27. The van der Waals surface area contributed by atoms with Gasteiger partial charge in [-0.05, 0) is 44.4 Å². The highest BCUT2D eigenvalue weighted by Gasteiger charge is 2.40. The van der Waals surface area contributed by atoms with E-state index in [1.165, 1.54) is 70.6 Å². The van der Waals surface area contributed by atoms with E-state index in [4.69, 9.17) is 4.74 Å². The second kappa shape index (κ2) is 6.13. The van der Waals surface area contributed by atoms with Gasteiger partial charge >= 0.3 is 0 Å². The van der Waals surface area contributed by atoms with E-state index in [1.54, 1.807) is 0 Å². The predicted octanol–water partition coefficient (Wildman–Crippen LogP) is 4.04. The summed E-state index contributed by atoms with van der Waals surface area (Å²) in [7, 11) is 0. The van der Waals surface area contributed by atoms with Crippen molar-refractivity contribution in [3.8, 4) is 0 Å². The van der Waals surface area contributed by atoms with Crippen molar-refractivity contribution in [3.05, 3.63) is 0 Å². The molecule has 1 saturated heterocycles. The van der Waals surface area contributed by atoms with Crippen molar-refractivity contribution >= 4 is 0 Å². The van der Waals surface area contributed by atoms with Crippen molar-refractivity contribution in [1.29, 1.82) is 0 Å². The van der Waals surface area contributed by atoms with Gasteiger partial charge in [-0.3, -0.25) is 0 Å². The molecule has 3 fully saturated rings. The summed E-state index contributed by atoms with van der Waals surface area (Å²) in [5.41, 5.74) is 0.268. The Labute approximate surface area is 118 Å². The SMILES string of the molecule is CC1CCCCCC1NC1CCOC2(CCCC2)C1. The Balaban J connectivity index is 1.56. The molecule has 2 aliphatic carbocycles. The van der Waals surface area contributed by atoms with Crippen LogP contribution in [0, 0.1) is 5.92 Å². The maximum atomic E-state index is 6.16. The van der Waals surface area contributed by atoms with Crippen LogP contribution in [0.1, 0.15) is 77.6 Å². The molecule has 3 rings (SSSR count). The largest absolute Gasteiger partial charge is 0.375 e. The summed E-state index contributed by atoms with van der Waals surface area (Å²) in [6.07, 6.45) is 15.0. The molecular formula is C17H31NO. The highest BCUT2D eigenvalue weighted by molar-refractivity contribution is 4.94. The average Bonchev–Trinajstić information content (AvgIpc) is 2.75. The zero-order valence-corrected chi connectivity index (χ0v) is 12.6. The molecule has 1 aliphatic heterocycles. The number of hydrogen-bond donors (Lipinski definition) is 1. The van der Waals surface area contributed by atoms with Crippen molar-refractivity contribution in [2.24, 2.45) is 5.92 Å². The van der Waals surface area contributed by atoms with Gasteiger partial charge in [-0.15, -0.1) is 0 Å². The summed E-state index contributed by atoms with van der Waals surface area (Å²) in [5.74, 6) is 0.866. The average molecular weight is 265 g/mol. The monoisotopic (exact) mass is 265 g/mol. The zero-order valence-electron chi connectivity index (χ0n) is 12.6. The molecule has 3 atom stereocenters. The van der Waals surface area contributed by atoms with Crippen LogP contribution < -0.4 is 5.32 Å². The standard InChI is InChI=1S/C17H31NO/c1-14-7-3-2-4-8-16(14)18-15-9-12-19-17(13-15)10-5-6-11-17/h14-16,18H,2-13H2,1H3. The normalized spacial score (nSPS) is 39.3. The minimum atomic E-state index is 0.268. The van der Waals surface area contributed by atoms with Crippen LogP contribution in [0.2, 0.25) is 0 Å². The molecule has 0 aromatic rings. The van der Waals surface area contributed by atoms with Crippen LogP contribution >= 0.6 is 0 Å². The van der Waals surface area contributed by atoms with Crippen molar-refractivity contribution in [3.63, 3.8) is 0 Å². The van der Waals surface area contributed by atoms with Crippen LogP contribution in [0.3, 0.4) is 0 Å². The Morgan fingerprint density at radius 1 is 0.947 bits per heavy atom. The number of nitrogens with one attached hydrogen (secondary N) is 1. The molecule has 1 N–H and O–H groups in total. The van der Waals surface area contributed by atoms with Gasteiger partial charge in [-0.25, -0.2) is 0 Å². The van der Waals surface area contributed by atoms with Crippen molar-refractivity contribution < 1.29 is 4.74 Å². The molecule has 1 spiro atoms. The lowest BCUT2D eigenvalue weighted by Crippen LogP contribution is -2.50. The van der Waals surface area contributed by atoms with Gasteiger partial charge in [0, 0.05) is 18.7 Å². The maximum absolute atomic E-state index is 6.16. The van der Waals surface area contributed by atoms with Gasteiger partial charge in [0.2, 0.25) is 0 Å². The van der Waals surface area contributed by atoms with E-state index in [0.717, 1.165) is 24.6 Å². The smallest absolute Gasteiger partial charge is 0.0697 e. The molecule has 19 heavy (non-hydrogen) atoms. The van der Waals surface area contributed by atoms with Crippen LogP contribution in [0.25, 0.3) is 0 Å². The summed E-state index contributed by atoms with van der Waals surface area (Å²) in [6.45, 7) is 3.44. The molecular weight excluding hydrogens is 234 g/mol. The number of hydrogen-bond acceptors (Lipinski definition) is 2. The first-order valence-corrected chi connectivity index (χ1v) is 8.67. The highest BCUT2D eigenvalue weighted by Crippen LogP contribution is 2.40. The Morgan fingerprint density at radius 3 is 2.58 bits per heavy atom. The summed E-state index contributed by atoms with van der Waals surface area (Å²) >= 11 is 0. The Morgan fingerprint density at radius 2 is 1.74 bits per heavy atom. The van der Waals surface area contributed by atoms with Gasteiger partial charge in [0.05, 0.1) is 5.60 Å². The van der Waals surface area contributed by atoms with Crippen molar-refractivity contribution in [1.82, 2.24) is 5.32 Å². The second-order valence-corrected chi connectivity index (χ2v) is 7.32. The van der Waals surface area contributed by atoms with Crippen molar-refractivity contribution in [2.75, 3.05) is 6.61 Å². The van der Waals surface area contributed by atoms with Crippen LogP contribution in [0.5, 0.6) is 0 Å². The molecule has 2 heteroatoms. The second-order valence-electron chi connectivity index (χ2n) is 7.32. The molecule has 0 radical (unpaired) electrons. The van der Waals surface area contributed by atoms with E-state index in [1.807, 2.05) is 0 Å². The van der Waals surface area contributed by atoms with E-state index >= 15 is 0 Å². The van der Waals surface area contributed by atoms with Crippen LogP contribution in [0.15, 0.2) is 0 Å². The molecule has 0 aromatic carbocycles. The topological polar surface area (TPSA) is 21.3 Å². The fourth-order valence-electron chi connectivity index (χ4n) is 4.58. The molecule has 3 unspecified atom stereocenters. The summed E-state index contributed by atoms with van der Waals surface area (Å²) < 4.78 is 6.16. The molecule has 1 heterocycles. The molecule has 3 aliphatic rings. The van der Waals surface area contributed by atoms with Gasteiger partial charge in [0.25, 0.3) is 0 Å².